The standard InChI is InChI=1S/C23H19Cl2N3O4/c1-32-12-5-7-15-13(10-12)23(22(31)26-15)19-18(16-3-2-8-27(16)23)20(29)28(21(19)30)17-9-11(24)4-6-14(17)25/h4-7,9-10,16,18-19H,2-3,8H2,1H3,(H,26,31)/t16-,18-,19-,23+/m0/s1. The van der Waals surface area contributed by atoms with Gasteiger partial charge in [0.2, 0.25) is 17.7 Å². The normalized spacial score (nSPS) is 30.7. The zero-order valence-electron chi connectivity index (χ0n) is 17.1. The smallest absolute Gasteiger partial charge is 0.250 e. The van der Waals surface area contributed by atoms with E-state index in [1.807, 2.05) is 0 Å². The van der Waals surface area contributed by atoms with Gasteiger partial charge in [-0.25, -0.2) is 4.90 Å². The van der Waals surface area contributed by atoms with E-state index in [1.54, 1.807) is 37.4 Å². The molecule has 0 radical (unpaired) electrons. The van der Waals surface area contributed by atoms with Crippen molar-refractivity contribution in [2.75, 3.05) is 23.9 Å². The molecule has 0 aliphatic carbocycles. The Hall–Kier alpha value is -2.61. The number of amides is 3. The minimum atomic E-state index is -1.26. The lowest BCUT2D eigenvalue weighted by Gasteiger charge is -2.36. The molecule has 0 aromatic heterocycles. The molecule has 0 saturated carbocycles. The molecule has 1 N–H and O–H groups in total. The van der Waals surface area contributed by atoms with E-state index < -0.39 is 23.3 Å². The van der Waals surface area contributed by atoms with Crippen molar-refractivity contribution in [3.05, 3.63) is 52.0 Å². The summed E-state index contributed by atoms with van der Waals surface area (Å²) in [6.45, 7) is 0.639. The summed E-state index contributed by atoms with van der Waals surface area (Å²) in [4.78, 5) is 44.5. The number of carbonyl (C=O) groups excluding carboxylic acids is 3. The summed E-state index contributed by atoms with van der Waals surface area (Å²) in [6, 6.07) is 9.84. The zero-order chi connectivity index (χ0) is 22.4. The fraction of sp³-hybridized carbons (Fsp3) is 0.348. The van der Waals surface area contributed by atoms with E-state index in [-0.39, 0.29) is 28.6 Å². The molecule has 0 bridgehead atoms. The van der Waals surface area contributed by atoms with Gasteiger partial charge in [0.25, 0.3) is 0 Å². The SMILES string of the molecule is COc1ccc2c(c1)[C@]1(C(=O)N2)[C@@H]2C(=O)N(c3cc(Cl)ccc3Cl)C(=O)[C@H]2[C@@H]2CCCN21. The van der Waals surface area contributed by atoms with Crippen molar-refractivity contribution in [1.82, 2.24) is 4.90 Å². The third-order valence-electron chi connectivity index (χ3n) is 7.35. The first-order valence-corrected chi connectivity index (χ1v) is 11.2. The molecule has 1 spiro atoms. The maximum Gasteiger partial charge on any atom is 0.250 e. The number of hydrogen-bond acceptors (Lipinski definition) is 5. The lowest BCUT2D eigenvalue weighted by Crippen LogP contribution is -2.54. The van der Waals surface area contributed by atoms with Crippen LogP contribution in [0.5, 0.6) is 5.75 Å². The first-order valence-electron chi connectivity index (χ1n) is 10.5. The monoisotopic (exact) mass is 471 g/mol. The molecule has 3 saturated heterocycles. The van der Waals surface area contributed by atoms with Crippen LogP contribution in [0.3, 0.4) is 0 Å². The molecule has 4 heterocycles. The summed E-state index contributed by atoms with van der Waals surface area (Å²) in [5.74, 6) is -1.94. The quantitative estimate of drug-likeness (QED) is 0.678. The van der Waals surface area contributed by atoms with E-state index >= 15 is 0 Å². The van der Waals surface area contributed by atoms with E-state index in [2.05, 4.69) is 10.2 Å². The molecule has 3 fully saturated rings. The molecule has 164 valence electrons. The summed E-state index contributed by atoms with van der Waals surface area (Å²) in [5, 5.41) is 3.58. The van der Waals surface area contributed by atoms with Crippen LogP contribution in [0.1, 0.15) is 18.4 Å². The largest absolute Gasteiger partial charge is 0.497 e. The maximum absolute atomic E-state index is 13.9. The number of nitrogens with zero attached hydrogens (tertiary/aromatic N) is 2. The third-order valence-corrected chi connectivity index (χ3v) is 7.90. The summed E-state index contributed by atoms with van der Waals surface area (Å²) < 4.78 is 5.42. The predicted octanol–water partition coefficient (Wildman–Crippen LogP) is 3.43. The number of methoxy groups -OCH3 is 1. The van der Waals surface area contributed by atoms with Gasteiger partial charge < -0.3 is 10.1 Å². The number of fused-ring (bicyclic) bond motifs is 7. The second-order valence-corrected chi connectivity index (χ2v) is 9.49. The number of ether oxygens (including phenoxy) is 1. The number of hydrogen-bond donors (Lipinski definition) is 1. The Morgan fingerprint density at radius 2 is 1.91 bits per heavy atom. The molecular formula is C23H19Cl2N3O4. The van der Waals surface area contributed by atoms with Gasteiger partial charge in [0.15, 0.2) is 0 Å². The Morgan fingerprint density at radius 3 is 2.69 bits per heavy atom. The van der Waals surface area contributed by atoms with Crippen molar-refractivity contribution >= 4 is 52.3 Å². The number of halogens is 2. The van der Waals surface area contributed by atoms with Gasteiger partial charge in [0, 0.05) is 22.3 Å². The second kappa shape index (κ2) is 6.70. The number of nitrogens with one attached hydrogen (secondary N) is 1. The molecular weight excluding hydrogens is 453 g/mol. The van der Waals surface area contributed by atoms with Gasteiger partial charge in [-0.05, 0) is 55.8 Å². The van der Waals surface area contributed by atoms with Crippen LogP contribution in [-0.4, -0.2) is 42.3 Å². The highest BCUT2D eigenvalue weighted by Gasteiger charge is 2.74. The summed E-state index contributed by atoms with van der Waals surface area (Å²) >= 11 is 12.5. The lowest BCUT2D eigenvalue weighted by molar-refractivity contribution is -0.135. The van der Waals surface area contributed by atoms with Gasteiger partial charge in [-0.1, -0.05) is 23.2 Å². The molecule has 6 rings (SSSR count). The summed E-state index contributed by atoms with van der Waals surface area (Å²) in [5.41, 5.74) is 0.318. The molecule has 3 amide bonds. The average Bonchev–Trinajstić information content (AvgIpc) is 3.48. The topological polar surface area (TPSA) is 79.0 Å². The molecule has 9 heteroatoms. The Morgan fingerprint density at radius 1 is 1.09 bits per heavy atom. The lowest BCUT2D eigenvalue weighted by atomic mass is 9.75. The number of carbonyl (C=O) groups is 3. The van der Waals surface area contributed by atoms with Crippen LogP contribution in [0, 0.1) is 11.8 Å². The molecule has 4 atom stereocenters. The third kappa shape index (κ3) is 2.28. The minimum Gasteiger partial charge on any atom is -0.497 e. The molecule has 0 unspecified atom stereocenters. The van der Waals surface area contributed by atoms with Crippen LogP contribution in [-0.2, 0) is 19.9 Å². The van der Waals surface area contributed by atoms with Gasteiger partial charge in [-0.15, -0.1) is 0 Å². The maximum atomic E-state index is 13.9. The zero-order valence-corrected chi connectivity index (χ0v) is 18.6. The number of anilines is 2. The fourth-order valence-corrected chi connectivity index (χ4v) is 6.57. The first-order chi connectivity index (χ1) is 15.4. The molecule has 4 aliphatic heterocycles. The molecule has 2 aromatic carbocycles. The summed E-state index contributed by atoms with van der Waals surface area (Å²) in [7, 11) is 1.56. The minimum absolute atomic E-state index is 0.206. The van der Waals surface area contributed by atoms with E-state index in [0.29, 0.717) is 28.6 Å². The highest BCUT2D eigenvalue weighted by Crippen LogP contribution is 2.61. The highest BCUT2D eigenvalue weighted by molar-refractivity contribution is 6.38. The Balaban J connectivity index is 1.57. The van der Waals surface area contributed by atoms with E-state index in [9.17, 15) is 14.4 Å². The Bertz CT molecular complexity index is 1220. The fourth-order valence-electron chi connectivity index (χ4n) is 6.20. The number of imide groups is 1. The van der Waals surface area contributed by atoms with Gasteiger partial charge >= 0.3 is 0 Å². The second-order valence-electron chi connectivity index (χ2n) is 8.65. The van der Waals surface area contributed by atoms with Crippen LogP contribution in [0.25, 0.3) is 0 Å². The van der Waals surface area contributed by atoms with Crippen molar-refractivity contribution in [1.29, 1.82) is 0 Å². The molecule has 7 nitrogen and oxygen atoms in total. The van der Waals surface area contributed by atoms with Crippen molar-refractivity contribution in [2.24, 2.45) is 11.8 Å². The van der Waals surface area contributed by atoms with Crippen molar-refractivity contribution in [3.8, 4) is 5.75 Å². The number of benzene rings is 2. The average molecular weight is 472 g/mol. The van der Waals surface area contributed by atoms with Crippen molar-refractivity contribution in [3.63, 3.8) is 0 Å². The van der Waals surface area contributed by atoms with E-state index in [4.69, 9.17) is 27.9 Å². The van der Waals surface area contributed by atoms with Gasteiger partial charge in [0.1, 0.15) is 11.3 Å². The van der Waals surface area contributed by atoms with Crippen LogP contribution in [0.2, 0.25) is 10.0 Å². The van der Waals surface area contributed by atoms with E-state index in [0.717, 1.165) is 17.7 Å². The van der Waals surface area contributed by atoms with Gasteiger partial charge in [-0.3, -0.25) is 19.3 Å². The van der Waals surface area contributed by atoms with Crippen molar-refractivity contribution < 1.29 is 19.1 Å². The first kappa shape index (κ1) is 20.0. The van der Waals surface area contributed by atoms with Crippen LogP contribution in [0.4, 0.5) is 11.4 Å². The van der Waals surface area contributed by atoms with Crippen molar-refractivity contribution in [2.45, 2.75) is 24.4 Å². The predicted molar refractivity (Wildman–Crippen MR) is 119 cm³/mol. The van der Waals surface area contributed by atoms with Gasteiger partial charge in [0.05, 0.1) is 29.7 Å². The Labute approximate surface area is 194 Å². The van der Waals surface area contributed by atoms with Crippen LogP contribution < -0.4 is 15.0 Å². The number of rotatable bonds is 2. The molecule has 32 heavy (non-hydrogen) atoms. The molecule has 4 aliphatic rings. The van der Waals surface area contributed by atoms with Gasteiger partial charge in [-0.2, -0.15) is 0 Å². The Kier molecular flexibility index (Phi) is 4.19. The summed E-state index contributed by atoms with van der Waals surface area (Å²) in [6.07, 6.45) is 1.59. The van der Waals surface area contributed by atoms with Crippen LogP contribution in [0.15, 0.2) is 36.4 Å². The molecule has 2 aromatic rings. The highest BCUT2D eigenvalue weighted by atomic mass is 35.5. The van der Waals surface area contributed by atoms with Crippen LogP contribution >= 0.6 is 23.2 Å². The van der Waals surface area contributed by atoms with E-state index in [1.165, 1.54) is 6.07 Å².